The standard InChI is InChI=1S/C16H18O5/c1-20-15-5-4-12-6-11(2-3-13(12)8-15)7-16(19)21-10-14(18)9-17/h2-6,8,14,17-18H,7,9-10H2,1H3. The van der Waals surface area contributed by atoms with Gasteiger partial charge in [0.05, 0.1) is 20.1 Å². The number of ether oxygens (including phenoxy) is 2. The smallest absolute Gasteiger partial charge is 0.310 e. The quantitative estimate of drug-likeness (QED) is 0.784. The largest absolute Gasteiger partial charge is 0.497 e. The highest BCUT2D eigenvalue weighted by Gasteiger charge is 2.09. The third-order valence-electron chi connectivity index (χ3n) is 3.11. The first-order chi connectivity index (χ1) is 10.1. The van der Waals surface area contributed by atoms with Gasteiger partial charge in [0, 0.05) is 0 Å². The molecule has 0 saturated heterocycles. The lowest BCUT2D eigenvalue weighted by Gasteiger charge is -2.09. The van der Waals surface area contributed by atoms with E-state index in [9.17, 15) is 4.79 Å². The Morgan fingerprint density at radius 3 is 2.62 bits per heavy atom. The number of hydrogen-bond acceptors (Lipinski definition) is 5. The summed E-state index contributed by atoms with van der Waals surface area (Å²) in [4.78, 5) is 11.6. The first-order valence-corrected chi connectivity index (χ1v) is 6.63. The number of benzene rings is 2. The second-order valence-corrected chi connectivity index (χ2v) is 4.74. The average Bonchev–Trinajstić information content (AvgIpc) is 2.52. The lowest BCUT2D eigenvalue weighted by Crippen LogP contribution is -2.22. The Labute approximate surface area is 122 Å². The van der Waals surface area contributed by atoms with Crippen molar-refractivity contribution < 1.29 is 24.5 Å². The van der Waals surface area contributed by atoms with Gasteiger partial charge in [-0.15, -0.1) is 0 Å². The molecular formula is C16H18O5. The van der Waals surface area contributed by atoms with Crippen LogP contribution in [0.15, 0.2) is 36.4 Å². The number of fused-ring (bicyclic) bond motifs is 1. The molecule has 112 valence electrons. The fourth-order valence-electron chi connectivity index (χ4n) is 1.97. The number of aliphatic hydroxyl groups excluding tert-OH is 2. The second-order valence-electron chi connectivity index (χ2n) is 4.74. The van der Waals surface area contributed by atoms with Crippen LogP contribution in [-0.4, -0.2) is 42.6 Å². The first kappa shape index (κ1) is 15.3. The van der Waals surface area contributed by atoms with Gasteiger partial charge in [-0.3, -0.25) is 4.79 Å². The minimum absolute atomic E-state index is 0.125. The molecule has 0 fully saturated rings. The molecule has 0 saturated carbocycles. The number of methoxy groups -OCH3 is 1. The van der Waals surface area contributed by atoms with E-state index in [4.69, 9.17) is 19.7 Å². The lowest BCUT2D eigenvalue weighted by molar-refractivity contribution is -0.146. The average molecular weight is 290 g/mol. The van der Waals surface area contributed by atoms with Gasteiger partial charge >= 0.3 is 5.97 Å². The summed E-state index contributed by atoms with van der Waals surface area (Å²) in [6.07, 6.45) is -0.904. The Bertz CT molecular complexity index is 623. The van der Waals surface area contributed by atoms with Crippen LogP contribution in [-0.2, 0) is 16.0 Å². The van der Waals surface area contributed by atoms with Crippen molar-refractivity contribution in [3.05, 3.63) is 42.0 Å². The minimum Gasteiger partial charge on any atom is -0.497 e. The van der Waals surface area contributed by atoms with Crippen molar-refractivity contribution in [3.63, 3.8) is 0 Å². The number of rotatable bonds is 6. The van der Waals surface area contributed by atoms with E-state index >= 15 is 0 Å². The van der Waals surface area contributed by atoms with E-state index in [1.165, 1.54) is 0 Å². The summed E-state index contributed by atoms with van der Waals surface area (Å²) in [5, 5.41) is 19.8. The summed E-state index contributed by atoms with van der Waals surface area (Å²) in [5.41, 5.74) is 0.830. The van der Waals surface area contributed by atoms with Crippen LogP contribution in [0.3, 0.4) is 0 Å². The predicted molar refractivity (Wildman–Crippen MR) is 78.3 cm³/mol. The fourth-order valence-corrected chi connectivity index (χ4v) is 1.97. The van der Waals surface area contributed by atoms with Gasteiger partial charge in [0.2, 0.25) is 0 Å². The zero-order chi connectivity index (χ0) is 15.2. The molecule has 0 radical (unpaired) electrons. The van der Waals surface area contributed by atoms with Crippen LogP contribution in [0.25, 0.3) is 10.8 Å². The summed E-state index contributed by atoms with van der Waals surface area (Å²) >= 11 is 0. The van der Waals surface area contributed by atoms with E-state index in [2.05, 4.69) is 0 Å². The van der Waals surface area contributed by atoms with Crippen molar-refractivity contribution in [1.82, 2.24) is 0 Å². The van der Waals surface area contributed by atoms with Crippen molar-refractivity contribution in [1.29, 1.82) is 0 Å². The maximum Gasteiger partial charge on any atom is 0.310 e. The number of hydrogen-bond donors (Lipinski definition) is 2. The molecule has 5 nitrogen and oxygen atoms in total. The highest BCUT2D eigenvalue weighted by Crippen LogP contribution is 2.22. The zero-order valence-electron chi connectivity index (χ0n) is 11.8. The molecule has 1 unspecified atom stereocenters. The molecule has 2 rings (SSSR count). The molecule has 5 heteroatoms. The molecule has 0 spiro atoms. The molecule has 0 amide bonds. The monoisotopic (exact) mass is 290 g/mol. The normalized spacial score (nSPS) is 12.1. The van der Waals surface area contributed by atoms with Crippen LogP contribution in [0, 0.1) is 0 Å². The second kappa shape index (κ2) is 7.06. The summed E-state index contributed by atoms with van der Waals surface area (Å²) in [5.74, 6) is 0.350. The summed E-state index contributed by atoms with van der Waals surface area (Å²) in [6, 6.07) is 11.4. The summed E-state index contributed by atoms with van der Waals surface area (Å²) in [6.45, 7) is -0.620. The first-order valence-electron chi connectivity index (χ1n) is 6.63. The number of carbonyl (C=O) groups is 1. The van der Waals surface area contributed by atoms with Crippen molar-refractivity contribution in [2.75, 3.05) is 20.3 Å². The molecule has 0 aliphatic rings. The predicted octanol–water partition coefficient (Wildman–Crippen LogP) is 1.29. The Hall–Kier alpha value is -2.11. The van der Waals surface area contributed by atoms with Gasteiger partial charge in [0.25, 0.3) is 0 Å². The highest BCUT2D eigenvalue weighted by atomic mass is 16.5. The maximum absolute atomic E-state index is 11.6. The van der Waals surface area contributed by atoms with Crippen LogP contribution >= 0.6 is 0 Å². The van der Waals surface area contributed by atoms with E-state index in [1.54, 1.807) is 7.11 Å². The molecule has 1 atom stereocenters. The van der Waals surface area contributed by atoms with Gasteiger partial charge in [-0.2, -0.15) is 0 Å². The molecule has 0 bridgehead atoms. The topological polar surface area (TPSA) is 76.0 Å². The van der Waals surface area contributed by atoms with Gasteiger partial charge in [0.1, 0.15) is 18.5 Å². The van der Waals surface area contributed by atoms with E-state index in [0.717, 1.165) is 22.1 Å². The molecular weight excluding hydrogens is 272 g/mol. The van der Waals surface area contributed by atoms with Crippen LogP contribution < -0.4 is 4.74 Å². The van der Waals surface area contributed by atoms with Gasteiger partial charge in [-0.25, -0.2) is 0 Å². The van der Waals surface area contributed by atoms with Crippen molar-refractivity contribution in [2.45, 2.75) is 12.5 Å². The van der Waals surface area contributed by atoms with Gasteiger partial charge in [-0.1, -0.05) is 24.3 Å². The maximum atomic E-state index is 11.6. The van der Waals surface area contributed by atoms with E-state index in [0.29, 0.717) is 0 Å². The minimum atomic E-state index is -1.03. The fraction of sp³-hybridized carbons (Fsp3) is 0.312. The van der Waals surface area contributed by atoms with Crippen LogP contribution in [0.4, 0.5) is 0 Å². The molecule has 0 heterocycles. The van der Waals surface area contributed by atoms with E-state index in [-0.39, 0.29) is 13.0 Å². The lowest BCUT2D eigenvalue weighted by atomic mass is 10.0. The molecule has 0 aromatic heterocycles. The van der Waals surface area contributed by atoms with E-state index < -0.39 is 18.7 Å². The van der Waals surface area contributed by atoms with Crippen LogP contribution in [0.1, 0.15) is 5.56 Å². The molecule has 2 aromatic rings. The zero-order valence-corrected chi connectivity index (χ0v) is 11.8. The van der Waals surface area contributed by atoms with Gasteiger partial charge < -0.3 is 19.7 Å². The number of carbonyl (C=O) groups excluding carboxylic acids is 1. The number of aliphatic hydroxyl groups is 2. The Balaban J connectivity index is 2.04. The Kier molecular flexibility index (Phi) is 5.14. The third-order valence-corrected chi connectivity index (χ3v) is 3.11. The molecule has 0 aliphatic heterocycles. The Morgan fingerprint density at radius 2 is 1.90 bits per heavy atom. The Morgan fingerprint density at radius 1 is 1.19 bits per heavy atom. The van der Waals surface area contributed by atoms with E-state index in [1.807, 2.05) is 36.4 Å². The molecule has 2 N–H and O–H groups in total. The van der Waals surface area contributed by atoms with Gasteiger partial charge in [-0.05, 0) is 28.5 Å². The number of esters is 1. The highest BCUT2D eigenvalue weighted by molar-refractivity contribution is 5.85. The van der Waals surface area contributed by atoms with Crippen LogP contribution in [0.5, 0.6) is 5.75 Å². The molecule has 2 aromatic carbocycles. The van der Waals surface area contributed by atoms with Crippen molar-refractivity contribution >= 4 is 16.7 Å². The van der Waals surface area contributed by atoms with Gasteiger partial charge in [0.15, 0.2) is 0 Å². The molecule has 0 aliphatic carbocycles. The van der Waals surface area contributed by atoms with Crippen LogP contribution in [0.2, 0.25) is 0 Å². The molecule has 21 heavy (non-hydrogen) atoms. The third kappa shape index (κ3) is 4.18. The SMILES string of the molecule is COc1ccc2cc(CC(=O)OCC(O)CO)ccc2c1. The van der Waals surface area contributed by atoms with Crippen molar-refractivity contribution in [2.24, 2.45) is 0 Å². The van der Waals surface area contributed by atoms with Crippen molar-refractivity contribution in [3.8, 4) is 5.75 Å². The summed E-state index contributed by atoms with van der Waals surface area (Å²) < 4.78 is 10.0. The summed E-state index contributed by atoms with van der Waals surface area (Å²) in [7, 11) is 1.62.